The van der Waals surface area contributed by atoms with Crippen molar-refractivity contribution in [3.63, 3.8) is 0 Å². The maximum absolute atomic E-state index is 5.79. The molecule has 0 fully saturated rings. The molecule has 2 rings (SSSR count). The van der Waals surface area contributed by atoms with Crippen LogP contribution in [-0.2, 0) is 5.41 Å². The van der Waals surface area contributed by atoms with Crippen LogP contribution in [0, 0.1) is 0 Å². The highest BCUT2D eigenvalue weighted by molar-refractivity contribution is 9.11. The Morgan fingerprint density at radius 3 is 2.10 bits per heavy atom. The molecule has 0 spiro atoms. The van der Waals surface area contributed by atoms with Crippen LogP contribution in [0.3, 0.4) is 0 Å². The van der Waals surface area contributed by atoms with Crippen LogP contribution in [0.2, 0.25) is 0 Å². The third-order valence-corrected chi connectivity index (χ3v) is 4.73. The van der Waals surface area contributed by atoms with Crippen molar-refractivity contribution >= 4 is 31.9 Å². The van der Waals surface area contributed by atoms with E-state index in [2.05, 4.69) is 88.4 Å². The molecule has 0 radical (unpaired) electrons. The Balaban J connectivity index is 2.37. The summed E-state index contributed by atoms with van der Waals surface area (Å²) in [6, 6.07) is 14.7. The highest BCUT2D eigenvalue weighted by Crippen LogP contribution is 2.31. The number of benzene rings is 2. The summed E-state index contributed by atoms with van der Waals surface area (Å²) in [6.07, 6.45) is 0. The molecule has 0 saturated heterocycles. The molecule has 0 saturated carbocycles. The molecule has 2 nitrogen and oxygen atoms in total. The van der Waals surface area contributed by atoms with Gasteiger partial charge in [-0.2, -0.15) is 0 Å². The maximum atomic E-state index is 5.79. The predicted molar refractivity (Wildman–Crippen MR) is 96.2 cm³/mol. The van der Waals surface area contributed by atoms with E-state index in [1.165, 1.54) is 5.56 Å². The number of nitrogens with one attached hydrogen (secondary N) is 1. The minimum Gasteiger partial charge on any atom is -0.271 e. The van der Waals surface area contributed by atoms with Gasteiger partial charge in [-0.25, -0.2) is 5.43 Å². The summed E-state index contributed by atoms with van der Waals surface area (Å²) in [5, 5.41) is 0. The van der Waals surface area contributed by atoms with E-state index in [-0.39, 0.29) is 11.5 Å². The average molecular weight is 412 g/mol. The van der Waals surface area contributed by atoms with Gasteiger partial charge in [-0.3, -0.25) is 5.84 Å². The third-order valence-electron chi connectivity index (χ3n) is 3.55. The summed E-state index contributed by atoms with van der Waals surface area (Å²) in [4.78, 5) is 0. The highest BCUT2D eigenvalue weighted by atomic mass is 79.9. The van der Waals surface area contributed by atoms with Gasteiger partial charge in [-0.1, -0.05) is 83.0 Å². The lowest BCUT2D eigenvalue weighted by atomic mass is 9.86. The minimum absolute atomic E-state index is 0.0403. The van der Waals surface area contributed by atoms with Gasteiger partial charge in [0.15, 0.2) is 0 Å². The van der Waals surface area contributed by atoms with Gasteiger partial charge in [-0.05, 0) is 34.2 Å². The monoisotopic (exact) mass is 410 g/mol. The van der Waals surface area contributed by atoms with Crippen molar-refractivity contribution in [1.82, 2.24) is 5.43 Å². The standard InChI is InChI=1S/C17H20Br2N2/c1-17(2,3)12-6-4-11(5-7-12)16(21-20)14-9-8-13(18)10-15(14)19/h4-10,16,21H,20H2,1-3H3. The molecule has 0 heterocycles. The van der Waals surface area contributed by atoms with Crippen LogP contribution in [0.4, 0.5) is 0 Å². The predicted octanol–water partition coefficient (Wildman–Crippen LogP) is 5.06. The molecule has 0 bridgehead atoms. The summed E-state index contributed by atoms with van der Waals surface area (Å²) >= 11 is 7.08. The molecule has 3 N–H and O–H groups in total. The molecule has 1 unspecified atom stereocenters. The van der Waals surface area contributed by atoms with Crippen LogP contribution < -0.4 is 11.3 Å². The fraction of sp³-hybridized carbons (Fsp3) is 0.294. The van der Waals surface area contributed by atoms with E-state index in [1.807, 2.05) is 12.1 Å². The summed E-state index contributed by atoms with van der Waals surface area (Å²) in [5.41, 5.74) is 6.64. The van der Waals surface area contributed by atoms with Gasteiger partial charge in [0.25, 0.3) is 0 Å². The van der Waals surface area contributed by atoms with E-state index >= 15 is 0 Å². The molecule has 0 aliphatic heterocycles. The van der Waals surface area contributed by atoms with Crippen LogP contribution >= 0.6 is 31.9 Å². The second kappa shape index (κ2) is 6.61. The summed E-state index contributed by atoms with van der Waals surface area (Å²) < 4.78 is 2.07. The lowest BCUT2D eigenvalue weighted by molar-refractivity contribution is 0.588. The van der Waals surface area contributed by atoms with E-state index in [1.54, 1.807) is 0 Å². The van der Waals surface area contributed by atoms with Crippen molar-refractivity contribution in [3.8, 4) is 0 Å². The zero-order valence-corrected chi connectivity index (χ0v) is 15.6. The normalized spacial score (nSPS) is 13.2. The minimum atomic E-state index is -0.0403. The van der Waals surface area contributed by atoms with Gasteiger partial charge in [0.2, 0.25) is 0 Å². The largest absolute Gasteiger partial charge is 0.271 e. The van der Waals surface area contributed by atoms with E-state index in [4.69, 9.17) is 5.84 Å². The van der Waals surface area contributed by atoms with Gasteiger partial charge >= 0.3 is 0 Å². The topological polar surface area (TPSA) is 38.0 Å². The molecule has 0 aromatic heterocycles. The number of hydrogen-bond acceptors (Lipinski definition) is 2. The molecule has 0 aliphatic carbocycles. The lowest BCUT2D eigenvalue weighted by Crippen LogP contribution is -2.29. The van der Waals surface area contributed by atoms with Crippen LogP contribution in [-0.4, -0.2) is 0 Å². The van der Waals surface area contributed by atoms with Crippen molar-refractivity contribution in [2.45, 2.75) is 32.2 Å². The number of hydrogen-bond donors (Lipinski definition) is 2. The number of nitrogens with two attached hydrogens (primary N) is 1. The number of rotatable bonds is 3. The van der Waals surface area contributed by atoms with Gasteiger partial charge in [-0.15, -0.1) is 0 Å². The molecule has 2 aromatic carbocycles. The average Bonchev–Trinajstić information content (AvgIpc) is 2.41. The Labute approximate surface area is 143 Å². The second-order valence-electron chi connectivity index (χ2n) is 6.14. The zero-order chi connectivity index (χ0) is 15.6. The smallest absolute Gasteiger partial charge is 0.0721 e. The van der Waals surface area contributed by atoms with Crippen LogP contribution in [0.1, 0.15) is 43.5 Å². The maximum Gasteiger partial charge on any atom is 0.0721 e. The fourth-order valence-corrected chi connectivity index (χ4v) is 3.55. The van der Waals surface area contributed by atoms with E-state index < -0.39 is 0 Å². The molecule has 112 valence electrons. The summed E-state index contributed by atoms with van der Waals surface area (Å²) in [5.74, 6) is 5.79. The molecule has 2 aromatic rings. The van der Waals surface area contributed by atoms with E-state index in [9.17, 15) is 0 Å². The lowest BCUT2D eigenvalue weighted by Gasteiger charge is -2.22. The first-order chi connectivity index (χ1) is 9.82. The number of halogens is 2. The van der Waals surface area contributed by atoms with Crippen LogP contribution in [0.15, 0.2) is 51.4 Å². The van der Waals surface area contributed by atoms with Crippen LogP contribution in [0.25, 0.3) is 0 Å². The van der Waals surface area contributed by atoms with Crippen molar-refractivity contribution in [1.29, 1.82) is 0 Å². The molecular formula is C17H20Br2N2. The van der Waals surface area contributed by atoms with Gasteiger partial charge in [0.05, 0.1) is 6.04 Å². The molecule has 0 aliphatic rings. The Morgan fingerprint density at radius 1 is 1.00 bits per heavy atom. The first-order valence-electron chi connectivity index (χ1n) is 6.84. The first-order valence-corrected chi connectivity index (χ1v) is 8.43. The Kier molecular flexibility index (Phi) is 5.25. The fourth-order valence-electron chi connectivity index (χ4n) is 2.28. The SMILES string of the molecule is CC(C)(C)c1ccc(C(NN)c2ccc(Br)cc2Br)cc1. The zero-order valence-electron chi connectivity index (χ0n) is 12.5. The highest BCUT2D eigenvalue weighted by Gasteiger charge is 2.18. The second-order valence-corrected chi connectivity index (χ2v) is 7.91. The molecular weight excluding hydrogens is 392 g/mol. The third kappa shape index (κ3) is 3.95. The Bertz CT molecular complexity index is 616. The van der Waals surface area contributed by atoms with Crippen molar-refractivity contribution in [2.75, 3.05) is 0 Å². The van der Waals surface area contributed by atoms with Gasteiger partial charge in [0, 0.05) is 8.95 Å². The van der Waals surface area contributed by atoms with Crippen molar-refractivity contribution in [3.05, 3.63) is 68.1 Å². The van der Waals surface area contributed by atoms with Crippen LogP contribution in [0.5, 0.6) is 0 Å². The molecule has 1 atom stereocenters. The molecule has 4 heteroatoms. The summed E-state index contributed by atoms with van der Waals surface area (Å²) in [6.45, 7) is 6.64. The number of hydrazine groups is 1. The molecule has 21 heavy (non-hydrogen) atoms. The van der Waals surface area contributed by atoms with Gasteiger partial charge < -0.3 is 0 Å². The Hall–Kier alpha value is -0.680. The summed E-state index contributed by atoms with van der Waals surface area (Å²) in [7, 11) is 0. The van der Waals surface area contributed by atoms with E-state index in [0.29, 0.717) is 0 Å². The quantitative estimate of drug-likeness (QED) is 0.547. The first kappa shape index (κ1) is 16.7. The van der Waals surface area contributed by atoms with E-state index in [0.717, 1.165) is 20.1 Å². The van der Waals surface area contributed by atoms with Crippen molar-refractivity contribution < 1.29 is 0 Å². The molecule has 0 amide bonds. The Morgan fingerprint density at radius 2 is 1.62 bits per heavy atom. The van der Waals surface area contributed by atoms with Gasteiger partial charge in [0.1, 0.15) is 0 Å². The van der Waals surface area contributed by atoms with Crippen molar-refractivity contribution in [2.24, 2.45) is 5.84 Å².